The molecule has 1 unspecified atom stereocenters. The highest BCUT2D eigenvalue weighted by Crippen LogP contribution is 2.16. The van der Waals surface area contributed by atoms with Crippen LogP contribution in [0.25, 0.3) is 0 Å². The molecule has 0 aromatic rings. The minimum atomic E-state index is -3.35. The molecule has 0 spiro atoms. The number of rotatable bonds is 5. The lowest BCUT2D eigenvalue weighted by molar-refractivity contribution is 0.315. The highest BCUT2D eigenvalue weighted by molar-refractivity contribution is 7.87. The molecular formula is C10H23N3O2S. The van der Waals surface area contributed by atoms with Gasteiger partial charge >= 0.3 is 0 Å². The summed E-state index contributed by atoms with van der Waals surface area (Å²) in [5, 5.41) is 3.27. The van der Waals surface area contributed by atoms with Crippen molar-refractivity contribution in [3.63, 3.8) is 0 Å². The third-order valence-electron chi connectivity index (χ3n) is 2.82. The lowest BCUT2D eigenvalue weighted by Gasteiger charge is -2.28. The summed E-state index contributed by atoms with van der Waals surface area (Å²) in [7, 11) is -3.35. The van der Waals surface area contributed by atoms with Gasteiger partial charge < -0.3 is 5.32 Å². The minimum absolute atomic E-state index is 0.00153. The van der Waals surface area contributed by atoms with E-state index in [0.29, 0.717) is 5.92 Å². The average Bonchev–Trinajstić information content (AvgIpc) is 2.16. The molecular weight excluding hydrogens is 226 g/mol. The topological polar surface area (TPSA) is 70.2 Å². The summed E-state index contributed by atoms with van der Waals surface area (Å²) in [6.07, 6.45) is 2.07. The lowest BCUT2D eigenvalue weighted by Crippen LogP contribution is -2.48. The van der Waals surface area contributed by atoms with Crippen LogP contribution in [0.2, 0.25) is 0 Å². The first-order valence-corrected chi connectivity index (χ1v) is 7.39. The summed E-state index contributed by atoms with van der Waals surface area (Å²) in [5.41, 5.74) is 0. The fraction of sp³-hybridized carbons (Fsp3) is 1.00. The van der Waals surface area contributed by atoms with Crippen molar-refractivity contribution in [3.8, 4) is 0 Å². The van der Waals surface area contributed by atoms with E-state index < -0.39 is 10.2 Å². The molecule has 1 fully saturated rings. The summed E-state index contributed by atoms with van der Waals surface area (Å²) in [6.45, 7) is 7.53. The predicted molar refractivity (Wildman–Crippen MR) is 65.4 cm³/mol. The van der Waals surface area contributed by atoms with E-state index in [9.17, 15) is 8.42 Å². The molecule has 1 aliphatic rings. The number of nitrogens with one attached hydrogen (secondary N) is 3. The largest absolute Gasteiger partial charge is 0.317 e. The molecule has 5 nitrogen and oxygen atoms in total. The van der Waals surface area contributed by atoms with Crippen molar-refractivity contribution in [2.45, 2.75) is 45.7 Å². The molecule has 0 aliphatic carbocycles. The van der Waals surface area contributed by atoms with Crippen LogP contribution < -0.4 is 14.8 Å². The van der Waals surface area contributed by atoms with E-state index in [1.165, 1.54) is 0 Å². The first-order chi connectivity index (χ1) is 7.41. The summed E-state index contributed by atoms with van der Waals surface area (Å²) in [5.74, 6) is 0.435. The Morgan fingerprint density at radius 1 is 1.12 bits per heavy atom. The van der Waals surface area contributed by atoms with Gasteiger partial charge in [-0.2, -0.15) is 17.9 Å². The van der Waals surface area contributed by atoms with Crippen molar-refractivity contribution < 1.29 is 8.42 Å². The maximum Gasteiger partial charge on any atom is 0.277 e. The van der Waals surface area contributed by atoms with Gasteiger partial charge in [-0.05, 0) is 52.6 Å². The van der Waals surface area contributed by atoms with E-state index >= 15 is 0 Å². The van der Waals surface area contributed by atoms with Crippen LogP contribution in [-0.4, -0.2) is 33.6 Å². The van der Waals surface area contributed by atoms with Gasteiger partial charge in [0.05, 0.1) is 0 Å². The van der Waals surface area contributed by atoms with Gasteiger partial charge in [-0.15, -0.1) is 0 Å². The first kappa shape index (κ1) is 13.9. The Morgan fingerprint density at radius 2 is 1.69 bits per heavy atom. The van der Waals surface area contributed by atoms with Gasteiger partial charge in [-0.25, -0.2) is 0 Å². The van der Waals surface area contributed by atoms with E-state index in [-0.39, 0.29) is 12.1 Å². The minimum Gasteiger partial charge on any atom is -0.317 e. The summed E-state index contributed by atoms with van der Waals surface area (Å²) < 4.78 is 28.5. The number of piperidine rings is 1. The zero-order chi connectivity index (χ0) is 12.2. The van der Waals surface area contributed by atoms with Crippen molar-refractivity contribution in [1.82, 2.24) is 14.8 Å². The van der Waals surface area contributed by atoms with Crippen LogP contribution in [0.5, 0.6) is 0 Å². The van der Waals surface area contributed by atoms with Crippen LogP contribution in [0.4, 0.5) is 0 Å². The zero-order valence-electron chi connectivity index (χ0n) is 10.3. The van der Waals surface area contributed by atoms with E-state index in [2.05, 4.69) is 14.8 Å². The van der Waals surface area contributed by atoms with Crippen LogP contribution >= 0.6 is 0 Å². The van der Waals surface area contributed by atoms with Crippen molar-refractivity contribution in [1.29, 1.82) is 0 Å². The quantitative estimate of drug-likeness (QED) is 0.652. The molecule has 96 valence electrons. The van der Waals surface area contributed by atoms with Crippen LogP contribution in [0.15, 0.2) is 0 Å². The van der Waals surface area contributed by atoms with Crippen LogP contribution in [-0.2, 0) is 10.2 Å². The number of hydrogen-bond donors (Lipinski definition) is 3. The molecule has 1 rings (SSSR count). The van der Waals surface area contributed by atoms with Gasteiger partial charge in [0.1, 0.15) is 0 Å². The summed E-state index contributed by atoms with van der Waals surface area (Å²) in [4.78, 5) is 0. The molecule has 0 bridgehead atoms. The zero-order valence-corrected chi connectivity index (χ0v) is 11.1. The molecule has 1 atom stereocenters. The Kier molecular flexibility index (Phi) is 5.17. The van der Waals surface area contributed by atoms with Gasteiger partial charge in [0.2, 0.25) is 0 Å². The second-order valence-electron chi connectivity index (χ2n) is 4.77. The molecule has 1 saturated heterocycles. The first-order valence-electron chi connectivity index (χ1n) is 5.91. The fourth-order valence-electron chi connectivity index (χ4n) is 2.03. The van der Waals surface area contributed by atoms with Crippen molar-refractivity contribution in [3.05, 3.63) is 0 Å². The maximum absolute atomic E-state index is 11.7. The van der Waals surface area contributed by atoms with Crippen LogP contribution in [0, 0.1) is 5.92 Å². The molecule has 0 aromatic heterocycles. The van der Waals surface area contributed by atoms with Gasteiger partial charge in [-0.3, -0.25) is 0 Å². The molecule has 1 heterocycles. The number of hydrogen-bond acceptors (Lipinski definition) is 3. The van der Waals surface area contributed by atoms with Gasteiger partial charge in [-0.1, -0.05) is 0 Å². The lowest BCUT2D eigenvalue weighted by atomic mass is 9.92. The van der Waals surface area contributed by atoms with E-state index in [1.54, 1.807) is 0 Å². The third kappa shape index (κ3) is 4.78. The molecule has 16 heavy (non-hydrogen) atoms. The monoisotopic (exact) mass is 249 g/mol. The van der Waals surface area contributed by atoms with Crippen molar-refractivity contribution in [2.24, 2.45) is 5.92 Å². The Balaban J connectivity index is 2.45. The highest BCUT2D eigenvalue weighted by atomic mass is 32.2. The van der Waals surface area contributed by atoms with Crippen molar-refractivity contribution in [2.75, 3.05) is 13.1 Å². The average molecular weight is 249 g/mol. The Hall–Kier alpha value is -0.170. The van der Waals surface area contributed by atoms with Gasteiger partial charge in [0.15, 0.2) is 0 Å². The molecule has 0 radical (unpaired) electrons. The normalized spacial score (nSPS) is 21.2. The van der Waals surface area contributed by atoms with Crippen LogP contribution in [0.3, 0.4) is 0 Å². The SMILES string of the molecule is CC(C)NS(=O)(=O)NC(C)C1CCNCC1. The van der Waals surface area contributed by atoms with Gasteiger partial charge in [0.25, 0.3) is 10.2 Å². The molecule has 1 aliphatic heterocycles. The van der Waals surface area contributed by atoms with E-state index in [1.807, 2.05) is 20.8 Å². The second-order valence-corrected chi connectivity index (χ2v) is 6.25. The molecule has 0 aromatic carbocycles. The fourth-order valence-corrected chi connectivity index (χ4v) is 3.40. The van der Waals surface area contributed by atoms with Crippen LogP contribution in [0.1, 0.15) is 33.6 Å². The van der Waals surface area contributed by atoms with Crippen molar-refractivity contribution >= 4 is 10.2 Å². The molecule has 0 amide bonds. The van der Waals surface area contributed by atoms with E-state index in [0.717, 1.165) is 25.9 Å². The standard InChI is InChI=1S/C10H23N3O2S/c1-8(2)12-16(14,15)13-9(3)10-4-6-11-7-5-10/h8-13H,4-7H2,1-3H3. The molecule has 6 heteroatoms. The Labute approximate surface area is 98.6 Å². The third-order valence-corrected chi connectivity index (χ3v) is 4.29. The summed E-state index contributed by atoms with van der Waals surface area (Å²) in [6, 6.07) is -0.0731. The Morgan fingerprint density at radius 3 is 2.19 bits per heavy atom. The predicted octanol–water partition coefficient (Wildman–Crippen LogP) is 0.207. The smallest absolute Gasteiger partial charge is 0.277 e. The molecule has 0 saturated carbocycles. The second kappa shape index (κ2) is 5.95. The van der Waals surface area contributed by atoms with E-state index in [4.69, 9.17) is 0 Å². The van der Waals surface area contributed by atoms with Gasteiger partial charge in [0, 0.05) is 12.1 Å². The Bertz CT molecular complexity index is 297. The highest BCUT2D eigenvalue weighted by Gasteiger charge is 2.23. The summed E-state index contributed by atoms with van der Waals surface area (Å²) >= 11 is 0. The maximum atomic E-state index is 11.7. The molecule has 3 N–H and O–H groups in total.